The highest BCUT2D eigenvalue weighted by Crippen LogP contribution is 2.27. The van der Waals surface area contributed by atoms with Gasteiger partial charge in [0.2, 0.25) is 5.95 Å². The summed E-state index contributed by atoms with van der Waals surface area (Å²) in [5.41, 5.74) is 2.72. The molecule has 2 N–H and O–H groups in total. The van der Waals surface area contributed by atoms with Crippen molar-refractivity contribution in [3.8, 4) is 6.07 Å². The summed E-state index contributed by atoms with van der Waals surface area (Å²) in [7, 11) is 0. The number of nitrogens with zero attached hydrogens (tertiary/aromatic N) is 3. The summed E-state index contributed by atoms with van der Waals surface area (Å²) < 4.78 is 5.51. The standard InChI is InChI=1S/C20H23N5O/c1-13(2)11-22-18-17-16(9-10-26-17)24-19(25-18)23-15-7-5-14(6-8-15)20(3,4)12-21/h5-10,13H,11H2,1-4H3,(H2,22,23,24,25). The van der Waals surface area contributed by atoms with Gasteiger partial charge in [-0.25, -0.2) is 4.98 Å². The van der Waals surface area contributed by atoms with Crippen LogP contribution in [0.4, 0.5) is 17.5 Å². The molecule has 0 atom stereocenters. The van der Waals surface area contributed by atoms with E-state index in [2.05, 4.69) is 40.5 Å². The minimum absolute atomic E-state index is 0.488. The summed E-state index contributed by atoms with van der Waals surface area (Å²) in [4.78, 5) is 9.05. The van der Waals surface area contributed by atoms with Crippen molar-refractivity contribution < 1.29 is 4.42 Å². The molecule has 0 amide bonds. The zero-order valence-corrected chi connectivity index (χ0v) is 15.5. The van der Waals surface area contributed by atoms with Gasteiger partial charge in [-0.3, -0.25) is 0 Å². The first-order valence-corrected chi connectivity index (χ1v) is 8.67. The van der Waals surface area contributed by atoms with Crippen molar-refractivity contribution in [2.45, 2.75) is 33.1 Å². The van der Waals surface area contributed by atoms with E-state index in [0.717, 1.165) is 23.3 Å². The first-order valence-electron chi connectivity index (χ1n) is 8.67. The highest BCUT2D eigenvalue weighted by Gasteiger charge is 2.19. The lowest BCUT2D eigenvalue weighted by atomic mass is 9.86. The monoisotopic (exact) mass is 349 g/mol. The molecule has 0 unspecified atom stereocenters. The van der Waals surface area contributed by atoms with Gasteiger partial charge in [0.05, 0.1) is 17.7 Å². The normalized spacial score (nSPS) is 11.5. The van der Waals surface area contributed by atoms with Crippen molar-refractivity contribution in [2.75, 3.05) is 17.2 Å². The van der Waals surface area contributed by atoms with E-state index in [1.165, 1.54) is 0 Å². The van der Waals surface area contributed by atoms with E-state index in [1.807, 2.05) is 44.2 Å². The molecule has 26 heavy (non-hydrogen) atoms. The second-order valence-electron chi connectivity index (χ2n) is 7.24. The van der Waals surface area contributed by atoms with Crippen LogP contribution in [-0.2, 0) is 5.41 Å². The number of hydrogen-bond donors (Lipinski definition) is 2. The van der Waals surface area contributed by atoms with Crippen molar-refractivity contribution in [1.29, 1.82) is 5.26 Å². The fourth-order valence-electron chi connectivity index (χ4n) is 2.50. The Hall–Kier alpha value is -3.07. The number of anilines is 3. The molecule has 0 aliphatic rings. The van der Waals surface area contributed by atoms with Gasteiger partial charge in [0.25, 0.3) is 0 Å². The predicted molar refractivity (Wildman–Crippen MR) is 103 cm³/mol. The number of nitriles is 1. The summed E-state index contributed by atoms with van der Waals surface area (Å²) in [6.45, 7) is 8.87. The Morgan fingerprint density at radius 3 is 2.54 bits per heavy atom. The Balaban J connectivity index is 1.85. The quantitative estimate of drug-likeness (QED) is 0.662. The Morgan fingerprint density at radius 2 is 1.88 bits per heavy atom. The van der Waals surface area contributed by atoms with Crippen LogP contribution in [0.25, 0.3) is 11.1 Å². The van der Waals surface area contributed by atoms with Gasteiger partial charge < -0.3 is 15.1 Å². The molecular formula is C20H23N5O. The summed E-state index contributed by atoms with van der Waals surface area (Å²) in [6.07, 6.45) is 1.61. The zero-order chi connectivity index (χ0) is 18.7. The number of furan rings is 1. The second-order valence-corrected chi connectivity index (χ2v) is 7.24. The van der Waals surface area contributed by atoms with Crippen molar-refractivity contribution in [1.82, 2.24) is 9.97 Å². The van der Waals surface area contributed by atoms with Crippen LogP contribution in [-0.4, -0.2) is 16.5 Å². The molecule has 3 aromatic rings. The summed E-state index contributed by atoms with van der Waals surface area (Å²) >= 11 is 0. The lowest BCUT2D eigenvalue weighted by Gasteiger charge is -2.16. The molecule has 0 aliphatic carbocycles. The molecule has 0 bridgehead atoms. The zero-order valence-electron chi connectivity index (χ0n) is 15.5. The van der Waals surface area contributed by atoms with E-state index >= 15 is 0 Å². The number of fused-ring (bicyclic) bond motifs is 1. The summed E-state index contributed by atoms with van der Waals surface area (Å²) in [6, 6.07) is 11.9. The molecule has 0 saturated heterocycles. The van der Waals surface area contributed by atoms with Crippen LogP contribution in [0.2, 0.25) is 0 Å². The van der Waals surface area contributed by atoms with E-state index in [-0.39, 0.29) is 0 Å². The van der Waals surface area contributed by atoms with Crippen LogP contribution in [0, 0.1) is 17.2 Å². The van der Waals surface area contributed by atoms with E-state index in [1.54, 1.807) is 6.26 Å². The molecule has 0 fully saturated rings. The first-order chi connectivity index (χ1) is 12.4. The maximum absolute atomic E-state index is 9.25. The SMILES string of the molecule is CC(C)CNc1nc(Nc2ccc(C(C)(C)C#N)cc2)nc2ccoc12. The fraction of sp³-hybridized carbons (Fsp3) is 0.350. The average Bonchev–Trinajstić information content (AvgIpc) is 3.08. The van der Waals surface area contributed by atoms with Gasteiger partial charge in [0.1, 0.15) is 5.52 Å². The van der Waals surface area contributed by atoms with Crippen molar-refractivity contribution in [3.63, 3.8) is 0 Å². The van der Waals surface area contributed by atoms with E-state index in [0.29, 0.717) is 23.3 Å². The highest BCUT2D eigenvalue weighted by molar-refractivity contribution is 5.85. The molecule has 0 aliphatic heterocycles. The summed E-state index contributed by atoms with van der Waals surface area (Å²) in [5.74, 6) is 1.67. The molecule has 2 heterocycles. The molecule has 0 spiro atoms. The Kier molecular flexibility index (Phi) is 4.81. The maximum Gasteiger partial charge on any atom is 0.229 e. The minimum Gasteiger partial charge on any atom is -0.459 e. The van der Waals surface area contributed by atoms with Gasteiger partial charge in [0.15, 0.2) is 11.4 Å². The second kappa shape index (κ2) is 7.04. The number of rotatable bonds is 6. The third-order valence-corrected chi connectivity index (χ3v) is 4.12. The van der Waals surface area contributed by atoms with Gasteiger partial charge in [-0.1, -0.05) is 26.0 Å². The van der Waals surface area contributed by atoms with Crippen LogP contribution in [0.3, 0.4) is 0 Å². The number of benzene rings is 1. The van der Waals surface area contributed by atoms with Gasteiger partial charge in [-0.2, -0.15) is 10.2 Å². The largest absolute Gasteiger partial charge is 0.459 e. The smallest absolute Gasteiger partial charge is 0.229 e. The number of aromatic nitrogens is 2. The third-order valence-electron chi connectivity index (χ3n) is 4.12. The number of nitrogens with one attached hydrogen (secondary N) is 2. The van der Waals surface area contributed by atoms with E-state index < -0.39 is 5.41 Å². The van der Waals surface area contributed by atoms with E-state index in [9.17, 15) is 5.26 Å². The lowest BCUT2D eigenvalue weighted by molar-refractivity contribution is 0.613. The molecule has 0 saturated carbocycles. The highest BCUT2D eigenvalue weighted by atomic mass is 16.3. The molecule has 6 nitrogen and oxygen atoms in total. The minimum atomic E-state index is -0.515. The maximum atomic E-state index is 9.25. The van der Waals surface area contributed by atoms with Crippen molar-refractivity contribution in [3.05, 3.63) is 42.2 Å². The van der Waals surface area contributed by atoms with Crippen LogP contribution in [0.5, 0.6) is 0 Å². The Morgan fingerprint density at radius 1 is 1.15 bits per heavy atom. The van der Waals surface area contributed by atoms with Crippen molar-refractivity contribution >= 4 is 28.6 Å². The molecule has 2 aromatic heterocycles. The predicted octanol–water partition coefficient (Wildman–Crippen LogP) is 4.84. The first kappa shape index (κ1) is 17.7. The number of hydrogen-bond acceptors (Lipinski definition) is 6. The van der Waals surface area contributed by atoms with Crippen LogP contribution >= 0.6 is 0 Å². The molecule has 134 valence electrons. The van der Waals surface area contributed by atoms with Crippen LogP contribution < -0.4 is 10.6 Å². The van der Waals surface area contributed by atoms with Gasteiger partial charge in [0, 0.05) is 18.3 Å². The molecule has 6 heteroatoms. The van der Waals surface area contributed by atoms with Gasteiger partial charge in [-0.15, -0.1) is 0 Å². The Labute approximate surface area is 153 Å². The molecule has 1 aromatic carbocycles. The molecular weight excluding hydrogens is 326 g/mol. The third kappa shape index (κ3) is 3.77. The van der Waals surface area contributed by atoms with Crippen molar-refractivity contribution in [2.24, 2.45) is 5.92 Å². The van der Waals surface area contributed by atoms with Gasteiger partial charge >= 0.3 is 0 Å². The van der Waals surface area contributed by atoms with E-state index in [4.69, 9.17) is 4.42 Å². The molecule has 0 radical (unpaired) electrons. The van der Waals surface area contributed by atoms with Crippen LogP contribution in [0.15, 0.2) is 41.0 Å². The fourth-order valence-corrected chi connectivity index (χ4v) is 2.50. The summed E-state index contributed by atoms with van der Waals surface area (Å²) in [5, 5.41) is 15.8. The average molecular weight is 349 g/mol. The molecule has 3 rings (SSSR count). The van der Waals surface area contributed by atoms with Gasteiger partial charge in [-0.05, 0) is 37.5 Å². The van der Waals surface area contributed by atoms with Crippen LogP contribution in [0.1, 0.15) is 33.3 Å². The lowest BCUT2D eigenvalue weighted by Crippen LogP contribution is -2.13. The Bertz CT molecular complexity index is 935. The topological polar surface area (TPSA) is 86.8 Å².